The summed E-state index contributed by atoms with van der Waals surface area (Å²) in [6.07, 6.45) is 1.58. The monoisotopic (exact) mass is 255 g/mol. The van der Waals surface area contributed by atoms with Crippen molar-refractivity contribution in [1.29, 1.82) is 0 Å². The van der Waals surface area contributed by atoms with Gasteiger partial charge in [0.15, 0.2) is 0 Å². The van der Waals surface area contributed by atoms with Gasteiger partial charge in [0, 0.05) is 10.9 Å². The third kappa shape index (κ3) is 1.85. The van der Waals surface area contributed by atoms with Crippen LogP contribution < -0.4 is 0 Å². The maximum absolute atomic E-state index is 12.6. The zero-order chi connectivity index (χ0) is 9.97. The van der Waals surface area contributed by atoms with Gasteiger partial charge in [-0.15, -0.1) is 0 Å². The van der Waals surface area contributed by atoms with E-state index < -0.39 is 0 Å². The van der Waals surface area contributed by atoms with Crippen molar-refractivity contribution in [3.8, 4) is 11.5 Å². The normalized spacial score (nSPS) is 10.4. The van der Waals surface area contributed by atoms with Crippen molar-refractivity contribution < 1.29 is 8.81 Å². The van der Waals surface area contributed by atoms with Crippen LogP contribution in [0.3, 0.4) is 0 Å². The van der Waals surface area contributed by atoms with Gasteiger partial charge in [0.05, 0.1) is 5.69 Å². The molecule has 14 heavy (non-hydrogen) atoms. The first kappa shape index (κ1) is 9.40. The highest BCUT2D eigenvalue weighted by atomic mass is 79.9. The van der Waals surface area contributed by atoms with E-state index >= 15 is 0 Å². The van der Waals surface area contributed by atoms with Crippen molar-refractivity contribution in [2.24, 2.45) is 0 Å². The lowest BCUT2D eigenvalue weighted by atomic mass is 10.2. The molecule has 0 unspecified atom stereocenters. The molecule has 0 bridgehead atoms. The van der Waals surface area contributed by atoms with Gasteiger partial charge in [-0.1, -0.05) is 15.9 Å². The summed E-state index contributed by atoms with van der Waals surface area (Å²) in [6, 6.07) is 6.04. The second kappa shape index (κ2) is 3.92. The first-order valence-corrected chi connectivity index (χ1v) is 5.18. The molecule has 2 nitrogen and oxygen atoms in total. The molecule has 0 aliphatic rings. The van der Waals surface area contributed by atoms with E-state index in [0.29, 0.717) is 11.2 Å². The second-order valence-corrected chi connectivity index (χ2v) is 3.35. The van der Waals surface area contributed by atoms with Crippen LogP contribution in [0.25, 0.3) is 11.5 Å². The van der Waals surface area contributed by atoms with Crippen LogP contribution in [0.2, 0.25) is 0 Å². The number of hydrogen-bond donors (Lipinski definition) is 0. The third-order valence-electron chi connectivity index (χ3n) is 1.78. The summed E-state index contributed by atoms with van der Waals surface area (Å²) in [5.74, 6) is 0.250. The summed E-state index contributed by atoms with van der Waals surface area (Å²) in [6.45, 7) is 0. The van der Waals surface area contributed by atoms with E-state index in [4.69, 9.17) is 4.42 Å². The van der Waals surface area contributed by atoms with Crippen LogP contribution in [-0.2, 0) is 5.33 Å². The molecular weight excluding hydrogens is 249 g/mol. The van der Waals surface area contributed by atoms with Crippen LogP contribution >= 0.6 is 15.9 Å². The van der Waals surface area contributed by atoms with E-state index in [2.05, 4.69) is 20.9 Å². The molecular formula is C10H7BrFNO. The Bertz CT molecular complexity index is 424. The molecule has 72 valence electrons. The van der Waals surface area contributed by atoms with E-state index in [-0.39, 0.29) is 5.82 Å². The molecule has 0 radical (unpaired) electrons. The lowest BCUT2D eigenvalue weighted by Crippen LogP contribution is -1.80. The van der Waals surface area contributed by atoms with Gasteiger partial charge in [-0.25, -0.2) is 9.37 Å². The summed E-state index contributed by atoms with van der Waals surface area (Å²) in [7, 11) is 0. The second-order valence-electron chi connectivity index (χ2n) is 2.78. The summed E-state index contributed by atoms with van der Waals surface area (Å²) in [5.41, 5.74) is 1.60. The number of hydrogen-bond acceptors (Lipinski definition) is 2. The number of halogens is 2. The molecule has 2 rings (SSSR count). The lowest BCUT2D eigenvalue weighted by molar-refractivity contribution is 0.573. The number of benzene rings is 1. The molecule has 0 atom stereocenters. The Hall–Kier alpha value is -1.16. The van der Waals surface area contributed by atoms with Crippen LogP contribution in [0.1, 0.15) is 5.69 Å². The fourth-order valence-corrected chi connectivity index (χ4v) is 1.35. The van der Waals surface area contributed by atoms with Crippen LogP contribution in [0, 0.1) is 5.82 Å². The van der Waals surface area contributed by atoms with Gasteiger partial charge in [0.25, 0.3) is 0 Å². The minimum atomic E-state index is -0.263. The van der Waals surface area contributed by atoms with Gasteiger partial charge in [-0.2, -0.15) is 0 Å². The molecule has 0 saturated carbocycles. The summed E-state index contributed by atoms with van der Waals surface area (Å²) < 4.78 is 17.8. The van der Waals surface area contributed by atoms with E-state index in [1.54, 1.807) is 18.4 Å². The highest BCUT2D eigenvalue weighted by Crippen LogP contribution is 2.19. The summed E-state index contributed by atoms with van der Waals surface area (Å²) in [4.78, 5) is 4.19. The minimum absolute atomic E-state index is 0.263. The number of alkyl halides is 1. The molecule has 1 heterocycles. The summed E-state index contributed by atoms with van der Waals surface area (Å²) >= 11 is 3.27. The molecule has 0 saturated heterocycles. The van der Waals surface area contributed by atoms with Gasteiger partial charge in [0.2, 0.25) is 5.89 Å². The molecule has 0 amide bonds. The highest BCUT2D eigenvalue weighted by molar-refractivity contribution is 9.08. The quantitative estimate of drug-likeness (QED) is 0.770. The largest absolute Gasteiger partial charge is 0.444 e. The Labute approximate surface area is 88.9 Å². The van der Waals surface area contributed by atoms with Gasteiger partial charge in [-0.3, -0.25) is 0 Å². The Morgan fingerprint density at radius 1 is 1.29 bits per heavy atom. The van der Waals surface area contributed by atoms with E-state index in [9.17, 15) is 4.39 Å². The molecule has 2 aromatic rings. The molecule has 0 aliphatic carbocycles. The van der Waals surface area contributed by atoms with Gasteiger partial charge < -0.3 is 4.42 Å². The van der Waals surface area contributed by atoms with Crippen LogP contribution in [0.15, 0.2) is 34.9 Å². The Balaban J connectivity index is 2.34. The zero-order valence-electron chi connectivity index (χ0n) is 7.21. The minimum Gasteiger partial charge on any atom is -0.444 e. The topological polar surface area (TPSA) is 26.0 Å². The third-order valence-corrected chi connectivity index (χ3v) is 2.35. The van der Waals surface area contributed by atoms with Gasteiger partial charge in [-0.05, 0) is 24.3 Å². The Kier molecular flexibility index (Phi) is 2.63. The van der Waals surface area contributed by atoms with E-state index in [0.717, 1.165) is 11.3 Å². The predicted octanol–water partition coefficient (Wildman–Crippen LogP) is 3.38. The van der Waals surface area contributed by atoms with Crippen molar-refractivity contribution in [3.63, 3.8) is 0 Å². The first-order valence-electron chi connectivity index (χ1n) is 4.06. The SMILES string of the molecule is Fc1ccc(-c2nc(CBr)co2)cc1. The molecule has 0 N–H and O–H groups in total. The molecule has 4 heteroatoms. The van der Waals surface area contributed by atoms with Gasteiger partial charge in [0.1, 0.15) is 12.1 Å². The number of rotatable bonds is 2. The summed E-state index contributed by atoms with van der Waals surface area (Å²) in [5, 5.41) is 0.650. The average molecular weight is 256 g/mol. The Morgan fingerprint density at radius 3 is 2.57 bits per heavy atom. The predicted molar refractivity (Wildman–Crippen MR) is 54.5 cm³/mol. The number of oxazole rings is 1. The number of nitrogens with zero attached hydrogens (tertiary/aromatic N) is 1. The standard InChI is InChI=1S/C10H7BrFNO/c11-5-9-6-14-10(13-9)7-1-3-8(12)4-2-7/h1-4,6H,5H2. The number of aromatic nitrogens is 1. The maximum atomic E-state index is 12.6. The van der Waals surface area contributed by atoms with Crippen molar-refractivity contribution >= 4 is 15.9 Å². The van der Waals surface area contributed by atoms with Gasteiger partial charge >= 0.3 is 0 Å². The zero-order valence-corrected chi connectivity index (χ0v) is 8.79. The van der Waals surface area contributed by atoms with Crippen molar-refractivity contribution in [2.45, 2.75) is 5.33 Å². The average Bonchev–Trinajstić information content (AvgIpc) is 2.67. The maximum Gasteiger partial charge on any atom is 0.226 e. The van der Waals surface area contributed by atoms with Crippen molar-refractivity contribution in [2.75, 3.05) is 0 Å². The van der Waals surface area contributed by atoms with Crippen LogP contribution in [0.4, 0.5) is 4.39 Å². The highest BCUT2D eigenvalue weighted by Gasteiger charge is 2.05. The fourth-order valence-electron chi connectivity index (χ4n) is 1.09. The first-order chi connectivity index (χ1) is 6.79. The van der Waals surface area contributed by atoms with Crippen LogP contribution in [0.5, 0.6) is 0 Å². The van der Waals surface area contributed by atoms with Crippen LogP contribution in [-0.4, -0.2) is 4.98 Å². The van der Waals surface area contributed by atoms with Crippen molar-refractivity contribution in [1.82, 2.24) is 4.98 Å². The fraction of sp³-hybridized carbons (Fsp3) is 0.100. The Morgan fingerprint density at radius 2 is 2.00 bits per heavy atom. The lowest BCUT2D eigenvalue weighted by Gasteiger charge is -1.93. The van der Waals surface area contributed by atoms with E-state index in [1.807, 2.05) is 0 Å². The molecule has 0 fully saturated rings. The molecule has 0 spiro atoms. The molecule has 1 aromatic heterocycles. The molecule has 0 aliphatic heterocycles. The smallest absolute Gasteiger partial charge is 0.226 e. The van der Waals surface area contributed by atoms with E-state index in [1.165, 1.54) is 12.1 Å². The van der Waals surface area contributed by atoms with Crippen molar-refractivity contribution in [3.05, 3.63) is 42.0 Å². The molecule has 1 aromatic carbocycles.